The number of benzene rings is 2. The maximum atomic E-state index is 11.9. The smallest absolute Gasteiger partial charge is 0.414 e. The second-order valence-corrected chi connectivity index (χ2v) is 5.63. The highest BCUT2D eigenvalue weighted by molar-refractivity contribution is 6.27. The lowest BCUT2D eigenvalue weighted by Gasteiger charge is -2.20. The molecule has 2 rings (SSSR count). The molecule has 0 spiro atoms. The highest BCUT2D eigenvalue weighted by Gasteiger charge is 2.07. The van der Waals surface area contributed by atoms with Crippen LogP contribution in [-0.2, 0) is 20.9 Å². The van der Waals surface area contributed by atoms with E-state index in [4.69, 9.17) is 19.8 Å². The number of carboxylic acid groups (broad SMARTS) is 2. The number of para-hydroxylation sites is 1. The topological polar surface area (TPSA) is 107 Å². The second-order valence-electron chi connectivity index (χ2n) is 5.63. The SMILES string of the molecule is CCN(CCC(=O)Nc1ccccc1)Cc1ccccc1.O=C(O)C(=O)O. The van der Waals surface area contributed by atoms with Crippen molar-refractivity contribution in [3.8, 4) is 0 Å². The summed E-state index contributed by atoms with van der Waals surface area (Å²) in [6, 6.07) is 19.9. The molecule has 0 aliphatic rings. The molecule has 7 heteroatoms. The monoisotopic (exact) mass is 372 g/mol. The first-order valence-electron chi connectivity index (χ1n) is 8.49. The molecule has 144 valence electrons. The van der Waals surface area contributed by atoms with Crippen molar-refractivity contribution in [2.45, 2.75) is 19.9 Å². The van der Waals surface area contributed by atoms with Crippen LogP contribution in [0.25, 0.3) is 0 Å². The molecule has 27 heavy (non-hydrogen) atoms. The first kappa shape index (κ1) is 21.9. The van der Waals surface area contributed by atoms with Crippen LogP contribution in [0.2, 0.25) is 0 Å². The van der Waals surface area contributed by atoms with Crippen molar-refractivity contribution < 1.29 is 24.6 Å². The molecule has 0 atom stereocenters. The Morgan fingerprint density at radius 2 is 1.41 bits per heavy atom. The van der Waals surface area contributed by atoms with E-state index in [2.05, 4.69) is 29.3 Å². The number of rotatable bonds is 7. The van der Waals surface area contributed by atoms with Gasteiger partial charge in [-0.2, -0.15) is 0 Å². The minimum atomic E-state index is -1.82. The molecule has 7 nitrogen and oxygen atoms in total. The third-order valence-corrected chi connectivity index (χ3v) is 3.59. The van der Waals surface area contributed by atoms with Crippen molar-refractivity contribution in [1.82, 2.24) is 4.90 Å². The molecule has 0 aliphatic carbocycles. The van der Waals surface area contributed by atoms with E-state index in [0.717, 1.165) is 25.3 Å². The van der Waals surface area contributed by atoms with Crippen LogP contribution in [0.4, 0.5) is 5.69 Å². The van der Waals surface area contributed by atoms with Gasteiger partial charge < -0.3 is 15.5 Å². The minimum absolute atomic E-state index is 0.0627. The van der Waals surface area contributed by atoms with E-state index in [9.17, 15) is 4.79 Å². The largest absolute Gasteiger partial charge is 0.473 e. The number of nitrogens with one attached hydrogen (secondary N) is 1. The molecule has 0 fully saturated rings. The van der Waals surface area contributed by atoms with E-state index in [1.165, 1.54) is 5.56 Å². The molecule has 0 radical (unpaired) electrons. The highest BCUT2D eigenvalue weighted by atomic mass is 16.4. The standard InChI is InChI=1S/C18H22N2O.C2H2O4/c1-2-20(15-16-9-5-3-6-10-16)14-13-18(21)19-17-11-7-4-8-12-17;3-1(4)2(5)6/h3-12H,2,13-15H2,1H3,(H,19,21);(H,3,4)(H,5,6). The van der Waals surface area contributed by atoms with Crippen LogP contribution in [0.3, 0.4) is 0 Å². The third-order valence-electron chi connectivity index (χ3n) is 3.59. The Labute approximate surface area is 158 Å². The number of amides is 1. The molecular formula is C20H24N2O5. The maximum absolute atomic E-state index is 11.9. The van der Waals surface area contributed by atoms with Gasteiger partial charge in [-0.15, -0.1) is 0 Å². The Morgan fingerprint density at radius 3 is 1.89 bits per heavy atom. The zero-order valence-corrected chi connectivity index (χ0v) is 15.2. The lowest BCUT2D eigenvalue weighted by molar-refractivity contribution is -0.159. The number of hydrogen-bond donors (Lipinski definition) is 3. The highest BCUT2D eigenvalue weighted by Crippen LogP contribution is 2.07. The Kier molecular flexibility index (Phi) is 9.88. The van der Waals surface area contributed by atoms with Gasteiger partial charge in [0.2, 0.25) is 5.91 Å². The fourth-order valence-electron chi connectivity index (χ4n) is 2.20. The summed E-state index contributed by atoms with van der Waals surface area (Å²) in [5.74, 6) is -3.59. The number of carbonyl (C=O) groups excluding carboxylic acids is 1. The molecule has 0 aliphatic heterocycles. The summed E-state index contributed by atoms with van der Waals surface area (Å²) in [5.41, 5.74) is 2.14. The van der Waals surface area contributed by atoms with E-state index < -0.39 is 11.9 Å². The van der Waals surface area contributed by atoms with Crippen molar-refractivity contribution in [2.75, 3.05) is 18.4 Å². The van der Waals surface area contributed by atoms with Gasteiger partial charge in [-0.05, 0) is 24.2 Å². The third kappa shape index (κ3) is 9.76. The summed E-state index contributed by atoms with van der Waals surface area (Å²) in [6.45, 7) is 4.71. The minimum Gasteiger partial charge on any atom is -0.473 e. The molecule has 0 bridgehead atoms. The van der Waals surface area contributed by atoms with Gasteiger partial charge in [-0.1, -0.05) is 55.5 Å². The van der Waals surface area contributed by atoms with Crippen molar-refractivity contribution in [2.24, 2.45) is 0 Å². The van der Waals surface area contributed by atoms with Crippen LogP contribution in [0.5, 0.6) is 0 Å². The van der Waals surface area contributed by atoms with E-state index >= 15 is 0 Å². The van der Waals surface area contributed by atoms with Gasteiger partial charge in [0.05, 0.1) is 0 Å². The predicted molar refractivity (Wildman–Crippen MR) is 102 cm³/mol. The van der Waals surface area contributed by atoms with Crippen LogP contribution in [0.15, 0.2) is 60.7 Å². The zero-order valence-electron chi connectivity index (χ0n) is 15.2. The zero-order chi connectivity index (χ0) is 20.1. The van der Waals surface area contributed by atoms with Gasteiger partial charge in [-0.3, -0.25) is 9.69 Å². The maximum Gasteiger partial charge on any atom is 0.414 e. The van der Waals surface area contributed by atoms with Crippen LogP contribution in [0.1, 0.15) is 18.9 Å². The molecule has 3 N–H and O–H groups in total. The quantitative estimate of drug-likeness (QED) is 0.645. The van der Waals surface area contributed by atoms with Crippen molar-refractivity contribution >= 4 is 23.5 Å². The Balaban J connectivity index is 0.000000527. The summed E-state index contributed by atoms with van der Waals surface area (Å²) in [4.78, 5) is 32.4. The van der Waals surface area contributed by atoms with Gasteiger partial charge >= 0.3 is 11.9 Å². The number of hydrogen-bond acceptors (Lipinski definition) is 4. The van der Waals surface area contributed by atoms with Crippen molar-refractivity contribution in [3.05, 3.63) is 66.2 Å². The van der Waals surface area contributed by atoms with Gasteiger partial charge in [0.25, 0.3) is 0 Å². The van der Waals surface area contributed by atoms with Crippen molar-refractivity contribution in [3.63, 3.8) is 0 Å². The first-order chi connectivity index (χ1) is 12.9. The van der Waals surface area contributed by atoms with Gasteiger partial charge in [0, 0.05) is 25.2 Å². The lowest BCUT2D eigenvalue weighted by atomic mass is 10.2. The number of anilines is 1. The summed E-state index contributed by atoms with van der Waals surface area (Å²) in [6.07, 6.45) is 0.509. The molecule has 2 aromatic rings. The molecule has 0 saturated carbocycles. The van der Waals surface area contributed by atoms with Gasteiger partial charge in [0.15, 0.2) is 0 Å². The Bertz CT molecular complexity index is 708. The molecule has 1 amide bonds. The summed E-state index contributed by atoms with van der Waals surface area (Å²) >= 11 is 0. The molecular weight excluding hydrogens is 348 g/mol. The van der Waals surface area contributed by atoms with Crippen LogP contribution in [-0.4, -0.2) is 46.0 Å². The molecule has 0 saturated heterocycles. The molecule has 0 heterocycles. The summed E-state index contributed by atoms with van der Waals surface area (Å²) in [5, 5.41) is 17.7. The average molecular weight is 372 g/mol. The van der Waals surface area contributed by atoms with E-state index in [1.54, 1.807) is 0 Å². The van der Waals surface area contributed by atoms with Crippen molar-refractivity contribution in [1.29, 1.82) is 0 Å². The van der Waals surface area contributed by atoms with Crippen LogP contribution in [0, 0.1) is 0 Å². The van der Waals surface area contributed by atoms with Crippen LogP contribution >= 0.6 is 0 Å². The molecule has 0 aromatic heterocycles. The van der Waals surface area contributed by atoms with E-state index in [0.29, 0.717) is 6.42 Å². The number of carbonyl (C=O) groups is 3. The summed E-state index contributed by atoms with van der Waals surface area (Å²) < 4.78 is 0. The van der Waals surface area contributed by atoms with E-state index in [-0.39, 0.29) is 5.91 Å². The molecule has 2 aromatic carbocycles. The van der Waals surface area contributed by atoms with Crippen LogP contribution < -0.4 is 5.32 Å². The Hall–Kier alpha value is -3.19. The first-order valence-corrected chi connectivity index (χ1v) is 8.49. The van der Waals surface area contributed by atoms with Gasteiger partial charge in [-0.25, -0.2) is 9.59 Å². The lowest BCUT2D eigenvalue weighted by Crippen LogP contribution is -2.27. The van der Waals surface area contributed by atoms with E-state index in [1.807, 2.05) is 48.5 Å². The summed E-state index contributed by atoms with van der Waals surface area (Å²) in [7, 11) is 0. The average Bonchev–Trinajstić information content (AvgIpc) is 2.67. The fourth-order valence-corrected chi connectivity index (χ4v) is 2.20. The van der Waals surface area contributed by atoms with Gasteiger partial charge in [0.1, 0.15) is 0 Å². The number of aliphatic carboxylic acids is 2. The second kappa shape index (κ2) is 12.2. The molecule has 0 unspecified atom stereocenters. The Morgan fingerprint density at radius 1 is 0.889 bits per heavy atom. The predicted octanol–water partition coefficient (Wildman–Crippen LogP) is 2.69. The number of carboxylic acids is 2. The number of nitrogens with zero attached hydrogens (tertiary/aromatic N) is 1. The normalized spacial score (nSPS) is 9.85. The fraction of sp³-hybridized carbons (Fsp3) is 0.250.